The maximum Gasteiger partial charge on any atom is 0.254 e. The molecule has 5 heteroatoms. The van der Waals surface area contributed by atoms with Crippen LogP contribution in [0.3, 0.4) is 0 Å². The first-order chi connectivity index (χ1) is 8.00. The van der Waals surface area contributed by atoms with Gasteiger partial charge in [0.05, 0.1) is 12.2 Å². The third-order valence-electron chi connectivity index (χ3n) is 3.08. The third-order valence-corrected chi connectivity index (χ3v) is 3.08. The Morgan fingerprint density at radius 2 is 1.88 bits per heavy atom. The first-order valence-electron chi connectivity index (χ1n) is 5.44. The fraction of sp³-hybridized carbons (Fsp3) is 0.417. The van der Waals surface area contributed by atoms with Crippen LogP contribution in [-0.2, 0) is 0 Å². The SMILES string of the molecule is Cc1c(O)cccc1C(=O)N1CC(O)C(O)C1. The molecule has 1 aromatic rings. The third kappa shape index (κ3) is 2.11. The molecule has 0 spiro atoms. The summed E-state index contributed by atoms with van der Waals surface area (Å²) in [4.78, 5) is 13.5. The second-order valence-electron chi connectivity index (χ2n) is 4.29. The van der Waals surface area contributed by atoms with Gasteiger partial charge >= 0.3 is 0 Å². The Hall–Kier alpha value is -1.59. The Balaban J connectivity index is 2.24. The maximum atomic E-state index is 12.1. The Labute approximate surface area is 98.9 Å². The minimum atomic E-state index is -0.892. The summed E-state index contributed by atoms with van der Waals surface area (Å²) in [6, 6.07) is 4.73. The molecule has 1 aliphatic rings. The van der Waals surface area contributed by atoms with Crippen molar-refractivity contribution >= 4 is 5.91 Å². The molecule has 17 heavy (non-hydrogen) atoms. The molecule has 2 unspecified atom stereocenters. The van der Waals surface area contributed by atoms with Crippen molar-refractivity contribution in [3.63, 3.8) is 0 Å². The van der Waals surface area contributed by atoms with Crippen LogP contribution in [0.4, 0.5) is 0 Å². The number of carbonyl (C=O) groups excluding carboxylic acids is 1. The number of carbonyl (C=O) groups is 1. The lowest BCUT2D eigenvalue weighted by atomic mass is 10.1. The lowest BCUT2D eigenvalue weighted by molar-refractivity contribution is 0.0572. The van der Waals surface area contributed by atoms with E-state index in [1.165, 1.54) is 11.0 Å². The van der Waals surface area contributed by atoms with Gasteiger partial charge in [-0.05, 0) is 19.1 Å². The fourth-order valence-electron chi connectivity index (χ4n) is 1.96. The van der Waals surface area contributed by atoms with Gasteiger partial charge in [-0.1, -0.05) is 6.07 Å². The van der Waals surface area contributed by atoms with Gasteiger partial charge in [0.2, 0.25) is 0 Å². The smallest absolute Gasteiger partial charge is 0.254 e. The van der Waals surface area contributed by atoms with Gasteiger partial charge in [0.25, 0.3) is 5.91 Å². The zero-order valence-electron chi connectivity index (χ0n) is 9.50. The number of aromatic hydroxyl groups is 1. The van der Waals surface area contributed by atoms with Crippen LogP contribution in [0.25, 0.3) is 0 Å². The monoisotopic (exact) mass is 237 g/mol. The van der Waals surface area contributed by atoms with E-state index in [4.69, 9.17) is 0 Å². The second kappa shape index (κ2) is 4.35. The number of nitrogens with zero attached hydrogens (tertiary/aromatic N) is 1. The number of hydrogen-bond acceptors (Lipinski definition) is 4. The Kier molecular flexibility index (Phi) is 3.04. The zero-order valence-corrected chi connectivity index (χ0v) is 9.50. The van der Waals surface area contributed by atoms with Crippen molar-refractivity contribution in [3.8, 4) is 5.75 Å². The summed E-state index contributed by atoms with van der Waals surface area (Å²) in [5.41, 5.74) is 0.902. The van der Waals surface area contributed by atoms with Gasteiger partial charge in [-0.3, -0.25) is 4.79 Å². The summed E-state index contributed by atoms with van der Waals surface area (Å²) in [7, 11) is 0. The second-order valence-corrected chi connectivity index (χ2v) is 4.29. The fourth-order valence-corrected chi connectivity index (χ4v) is 1.96. The molecule has 0 radical (unpaired) electrons. The zero-order chi connectivity index (χ0) is 12.6. The van der Waals surface area contributed by atoms with Crippen LogP contribution in [0.15, 0.2) is 18.2 Å². The molecule has 92 valence electrons. The number of phenols is 1. The van der Waals surface area contributed by atoms with Crippen molar-refractivity contribution in [1.82, 2.24) is 4.90 Å². The van der Waals surface area contributed by atoms with Gasteiger partial charge in [0.15, 0.2) is 0 Å². The predicted octanol–water partition coefficient (Wildman–Crippen LogP) is -0.122. The van der Waals surface area contributed by atoms with Gasteiger partial charge in [-0.15, -0.1) is 0 Å². The van der Waals surface area contributed by atoms with Crippen molar-refractivity contribution < 1.29 is 20.1 Å². The van der Waals surface area contributed by atoms with E-state index < -0.39 is 12.2 Å². The Morgan fingerprint density at radius 3 is 2.47 bits per heavy atom. The highest BCUT2D eigenvalue weighted by Crippen LogP contribution is 2.22. The number of amides is 1. The largest absolute Gasteiger partial charge is 0.508 e. The number of hydrogen-bond donors (Lipinski definition) is 3. The molecule has 0 saturated carbocycles. The number of phenolic OH excluding ortho intramolecular Hbond substituents is 1. The number of aliphatic hydroxyl groups excluding tert-OH is 2. The highest BCUT2D eigenvalue weighted by Gasteiger charge is 2.33. The number of benzene rings is 1. The molecule has 1 aromatic carbocycles. The van der Waals surface area contributed by atoms with Gasteiger partial charge in [0, 0.05) is 24.2 Å². The highest BCUT2D eigenvalue weighted by molar-refractivity contribution is 5.96. The molecule has 3 N–H and O–H groups in total. The molecule has 1 fully saturated rings. The van der Waals surface area contributed by atoms with Crippen LogP contribution >= 0.6 is 0 Å². The predicted molar refractivity (Wildman–Crippen MR) is 60.8 cm³/mol. The molecular formula is C12H15NO4. The number of aliphatic hydroxyl groups is 2. The summed E-state index contributed by atoms with van der Waals surface area (Å²) in [5.74, 6) is -0.217. The van der Waals surface area contributed by atoms with Gasteiger partial charge in [-0.2, -0.15) is 0 Å². The van der Waals surface area contributed by atoms with Crippen LogP contribution in [0.5, 0.6) is 5.75 Å². The molecule has 2 rings (SSSR count). The lowest BCUT2D eigenvalue weighted by Gasteiger charge is -2.17. The van der Waals surface area contributed by atoms with Crippen LogP contribution in [-0.4, -0.2) is 51.4 Å². The molecule has 1 saturated heterocycles. The van der Waals surface area contributed by atoms with E-state index in [9.17, 15) is 20.1 Å². The average Bonchev–Trinajstić information content (AvgIpc) is 2.62. The molecule has 5 nitrogen and oxygen atoms in total. The standard InChI is InChI=1S/C12H15NO4/c1-7-8(3-2-4-9(7)14)12(17)13-5-10(15)11(16)6-13/h2-4,10-11,14-16H,5-6H2,1H3. The summed E-state index contributed by atoms with van der Waals surface area (Å²) in [6.45, 7) is 1.90. The van der Waals surface area contributed by atoms with E-state index in [0.717, 1.165) is 0 Å². The maximum absolute atomic E-state index is 12.1. The number of rotatable bonds is 1. The van der Waals surface area contributed by atoms with E-state index in [-0.39, 0.29) is 24.7 Å². The van der Waals surface area contributed by atoms with Crippen LogP contribution in [0.1, 0.15) is 15.9 Å². The molecule has 1 amide bonds. The summed E-state index contributed by atoms with van der Waals surface area (Å²) >= 11 is 0. The topological polar surface area (TPSA) is 81.0 Å². The van der Waals surface area contributed by atoms with E-state index in [1.54, 1.807) is 19.1 Å². The number of β-amino-alcohol motifs (C(OH)–C–C–N with tert-alkyl or cyclic N) is 2. The van der Waals surface area contributed by atoms with Gasteiger partial charge in [0.1, 0.15) is 5.75 Å². The Morgan fingerprint density at radius 1 is 1.29 bits per heavy atom. The van der Waals surface area contributed by atoms with Gasteiger partial charge in [-0.25, -0.2) is 0 Å². The van der Waals surface area contributed by atoms with Crippen LogP contribution in [0.2, 0.25) is 0 Å². The summed E-state index contributed by atoms with van der Waals surface area (Å²) in [5, 5.41) is 28.3. The molecule has 0 aromatic heterocycles. The van der Waals surface area contributed by atoms with Gasteiger partial charge < -0.3 is 20.2 Å². The molecule has 1 aliphatic heterocycles. The first-order valence-corrected chi connectivity index (χ1v) is 5.44. The normalized spacial score (nSPS) is 24.1. The van der Waals surface area contributed by atoms with Crippen LogP contribution in [0, 0.1) is 6.92 Å². The summed E-state index contributed by atoms with van der Waals surface area (Å²) in [6.07, 6.45) is -1.78. The number of likely N-dealkylation sites (tertiary alicyclic amines) is 1. The summed E-state index contributed by atoms with van der Waals surface area (Å²) < 4.78 is 0. The molecule has 1 heterocycles. The van der Waals surface area contributed by atoms with Crippen molar-refractivity contribution in [1.29, 1.82) is 0 Å². The van der Waals surface area contributed by atoms with Crippen molar-refractivity contribution in [2.45, 2.75) is 19.1 Å². The molecule has 0 bridgehead atoms. The average molecular weight is 237 g/mol. The highest BCUT2D eigenvalue weighted by atomic mass is 16.3. The minimum absolute atomic E-state index is 0.0659. The van der Waals surface area contributed by atoms with Crippen molar-refractivity contribution in [2.75, 3.05) is 13.1 Å². The quantitative estimate of drug-likeness (QED) is 0.636. The van der Waals surface area contributed by atoms with Crippen molar-refractivity contribution in [2.24, 2.45) is 0 Å². The van der Waals surface area contributed by atoms with E-state index in [1.807, 2.05) is 0 Å². The Bertz CT molecular complexity index is 436. The molecule has 2 atom stereocenters. The van der Waals surface area contributed by atoms with Crippen molar-refractivity contribution in [3.05, 3.63) is 29.3 Å². The van der Waals surface area contributed by atoms with E-state index in [2.05, 4.69) is 0 Å². The molecule has 0 aliphatic carbocycles. The minimum Gasteiger partial charge on any atom is -0.508 e. The van der Waals surface area contributed by atoms with Crippen LogP contribution < -0.4 is 0 Å². The van der Waals surface area contributed by atoms with E-state index in [0.29, 0.717) is 11.1 Å². The lowest BCUT2D eigenvalue weighted by Crippen LogP contribution is -2.30. The van der Waals surface area contributed by atoms with E-state index >= 15 is 0 Å². The first kappa shape index (κ1) is 11.9. The molecular weight excluding hydrogens is 222 g/mol.